The van der Waals surface area contributed by atoms with Gasteiger partial charge in [0.25, 0.3) is 0 Å². The lowest BCUT2D eigenvalue weighted by Crippen LogP contribution is -2.27. The third-order valence-electron chi connectivity index (χ3n) is 3.16. The highest BCUT2D eigenvalue weighted by Crippen LogP contribution is 2.18. The number of hydrogen-bond donors (Lipinski definition) is 1. The van der Waals surface area contributed by atoms with Crippen LogP contribution in [-0.4, -0.2) is 38.8 Å². The standard InChI is InChI=1S/C15H25N3O/c1-5-9-18(10-11-19-4)13-7-8-15(17-12-13)14(6-2)16-3/h5,7-8,12,14,16H,1,6,9-11H2,2-4H3. The summed E-state index contributed by atoms with van der Waals surface area (Å²) in [5, 5.41) is 3.26. The molecular formula is C15H25N3O. The lowest BCUT2D eigenvalue weighted by atomic mass is 10.1. The van der Waals surface area contributed by atoms with Crippen molar-refractivity contribution in [2.24, 2.45) is 0 Å². The van der Waals surface area contributed by atoms with E-state index < -0.39 is 0 Å². The van der Waals surface area contributed by atoms with Crippen molar-refractivity contribution < 1.29 is 4.74 Å². The topological polar surface area (TPSA) is 37.4 Å². The molecule has 1 unspecified atom stereocenters. The van der Waals surface area contributed by atoms with Crippen molar-refractivity contribution in [2.45, 2.75) is 19.4 Å². The average molecular weight is 263 g/mol. The van der Waals surface area contributed by atoms with Crippen LogP contribution in [0.4, 0.5) is 5.69 Å². The fraction of sp³-hybridized carbons (Fsp3) is 0.533. The van der Waals surface area contributed by atoms with Gasteiger partial charge in [0.15, 0.2) is 0 Å². The van der Waals surface area contributed by atoms with Crippen LogP contribution < -0.4 is 10.2 Å². The van der Waals surface area contributed by atoms with Gasteiger partial charge in [0.05, 0.1) is 24.2 Å². The highest BCUT2D eigenvalue weighted by atomic mass is 16.5. The number of aromatic nitrogens is 1. The van der Waals surface area contributed by atoms with E-state index in [4.69, 9.17) is 4.74 Å². The Bertz CT molecular complexity index is 360. The summed E-state index contributed by atoms with van der Waals surface area (Å²) < 4.78 is 5.13. The van der Waals surface area contributed by atoms with Crippen LogP contribution in [0.1, 0.15) is 25.1 Å². The Kier molecular flexibility index (Phi) is 7.15. The van der Waals surface area contributed by atoms with E-state index >= 15 is 0 Å². The molecule has 4 heteroatoms. The molecule has 0 saturated heterocycles. The molecule has 0 bridgehead atoms. The molecule has 106 valence electrons. The molecule has 0 aliphatic heterocycles. The molecular weight excluding hydrogens is 238 g/mol. The second kappa shape index (κ2) is 8.67. The van der Waals surface area contributed by atoms with Crippen molar-refractivity contribution >= 4 is 5.69 Å². The number of nitrogens with one attached hydrogen (secondary N) is 1. The van der Waals surface area contributed by atoms with Gasteiger partial charge in [-0.15, -0.1) is 6.58 Å². The zero-order chi connectivity index (χ0) is 14.1. The van der Waals surface area contributed by atoms with Crippen LogP contribution in [-0.2, 0) is 4.74 Å². The smallest absolute Gasteiger partial charge is 0.0637 e. The third kappa shape index (κ3) is 4.65. The highest BCUT2D eigenvalue weighted by Gasteiger charge is 2.09. The normalized spacial score (nSPS) is 12.2. The fourth-order valence-corrected chi connectivity index (χ4v) is 2.03. The van der Waals surface area contributed by atoms with E-state index in [9.17, 15) is 0 Å². The molecule has 1 N–H and O–H groups in total. The number of ether oxygens (including phenoxy) is 1. The van der Waals surface area contributed by atoms with Crippen molar-refractivity contribution in [2.75, 3.05) is 38.8 Å². The molecule has 0 amide bonds. The molecule has 0 aliphatic rings. The van der Waals surface area contributed by atoms with Crippen LogP contribution in [0.5, 0.6) is 0 Å². The van der Waals surface area contributed by atoms with Gasteiger partial charge in [-0.2, -0.15) is 0 Å². The first-order valence-corrected chi connectivity index (χ1v) is 6.74. The molecule has 0 saturated carbocycles. The molecule has 19 heavy (non-hydrogen) atoms. The van der Waals surface area contributed by atoms with Crippen LogP contribution >= 0.6 is 0 Å². The molecule has 0 aromatic carbocycles. The zero-order valence-corrected chi connectivity index (χ0v) is 12.2. The Labute approximate surface area is 116 Å². The second-order valence-electron chi connectivity index (χ2n) is 4.42. The van der Waals surface area contributed by atoms with Gasteiger partial charge in [-0.1, -0.05) is 13.0 Å². The van der Waals surface area contributed by atoms with Gasteiger partial charge in [0.2, 0.25) is 0 Å². The summed E-state index contributed by atoms with van der Waals surface area (Å²) in [7, 11) is 3.68. The minimum atomic E-state index is 0.320. The van der Waals surface area contributed by atoms with E-state index in [1.54, 1.807) is 7.11 Å². The zero-order valence-electron chi connectivity index (χ0n) is 12.2. The van der Waals surface area contributed by atoms with Gasteiger partial charge >= 0.3 is 0 Å². The van der Waals surface area contributed by atoms with Crippen molar-refractivity contribution in [3.63, 3.8) is 0 Å². The third-order valence-corrected chi connectivity index (χ3v) is 3.16. The second-order valence-corrected chi connectivity index (χ2v) is 4.42. The molecule has 0 fully saturated rings. The monoisotopic (exact) mass is 263 g/mol. The van der Waals surface area contributed by atoms with Gasteiger partial charge in [-0.05, 0) is 25.6 Å². The van der Waals surface area contributed by atoms with E-state index in [1.165, 1.54) is 0 Å². The van der Waals surface area contributed by atoms with Crippen LogP contribution in [0.15, 0.2) is 31.0 Å². The first-order valence-electron chi connectivity index (χ1n) is 6.74. The summed E-state index contributed by atoms with van der Waals surface area (Å²) in [6.07, 6.45) is 4.85. The quantitative estimate of drug-likeness (QED) is 0.694. The maximum atomic E-state index is 5.13. The van der Waals surface area contributed by atoms with Gasteiger partial charge in [0.1, 0.15) is 0 Å². The molecule has 0 aliphatic carbocycles. The lowest BCUT2D eigenvalue weighted by Gasteiger charge is -2.23. The van der Waals surface area contributed by atoms with Crippen LogP contribution in [0.3, 0.4) is 0 Å². The Balaban J connectivity index is 2.78. The average Bonchev–Trinajstić information content (AvgIpc) is 2.45. The molecule has 1 atom stereocenters. The number of hydrogen-bond acceptors (Lipinski definition) is 4. The Morgan fingerprint density at radius 3 is 2.79 bits per heavy atom. The maximum absolute atomic E-state index is 5.13. The number of anilines is 1. The summed E-state index contributed by atoms with van der Waals surface area (Å²) in [4.78, 5) is 6.75. The molecule has 4 nitrogen and oxygen atoms in total. The first-order chi connectivity index (χ1) is 9.26. The molecule has 1 aromatic heterocycles. The van der Waals surface area contributed by atoms with Gasteiger partial charge in [-0.3, -0.25) is 4.98 Å². The predicted octanol–water partition coefficient (Wildman–Crippen LogP) is 2.39. The molecule has 1 rings (SSSR count). The van der Waals surface area contributed by atoms with Crippen molar-refractivity contribution in [1.82, 2.24) is 10.3 Å². The van der Waals surface area contributed by atoms with Gasteiger partial charge < -0.3 is 15.0 Å². The van der Waals surface area contributed by atoms with E-state index in [1.807, 2.05) is 19.3 Å². The molecule has 1 aromatic rings. The maximum Gasteiger partial charge on any atom is 0.0637 e. The number of methoxy groups -OCH3 is 1. The minimum Gasteiger partial charge on any atom is -0.383 e. The van der Waals surface area contributed by atoms with E-state index in [-0.39, 0.29) is 0 Å². The molecule has 1 heterocycles. The Morgan fingerprint density at radius 1 is 1.53 bits per heavy atom. The molecule has 0 radical (unpaired) electrons. The number of nitrogens with zero attached hydrogens (tertiary/aromatic N) is 2. The molecule has 0 spiro atoms. The van der Waals surface area contributed by atoms with E-state index in [0.29, 0.717) is 12.6 Å². The van der Waals surface area contributed by atoms with Gasteiger partial charge in [0, 0.05) is 26.2 Å². The summed E-state index contributed by atoms with van der Waals surface area (Å²) in [5.74, 6) is 0. The number of pyridine rings is 1. The highest BCUT2D eigenvalue weighted by molar-refractivity contribution is 5.45. The summed E-state index contributed by atoms with van der Waals surface area (Å²) >= 11 is 0. The summed E-state index contributed by atoms with van der Waals surface area (Å²) in [6, 6.07) is 4.52. The SMILES string of the molecule is C=CCN(CCOC)c1ccc(C(CC)NC)nc1. The van der Waals surface area contributed by atoms with Crippen molar-refractivity contribution in [3.05, 3.63) is 36.7 Å². The number of rotatable bonds is 9. The van der Waals surface area contributed by atoms with Crippen LogP contribution in [0.2, 0.25) is 0 Å². The minimum absolute atomic E-state index is 0.320. The fourth-order valence-electron chi connectivity index (χ4n) is 2.03. The van der Waals surface area contributed by atoms with Crippen molar-refractivity contribution in [1.29, 1.82) is 0 Å². The summed E-state index contributed by atoms with van der Waals surface area (Å²) in [6.45, 7) is 8.28. The predicted molar refractivity (Wildman–Crippen MR) is 80.6 cm³/mol. The van der Waals surface area contributed by atoms with Crippen molar-refractivity contribution in [3.8, 4) is 0 Å². The largest absolute Gasteiger partial charge is 0.383 e. The van der Waals surface area contributed by atoms with E-state index in [0.717, 1.165) is 30.9 Å². The lowest BCUT2D eigenvalue weighted by molar-refractivity contribution is 0.206. The summed E-state index contributed by atoms with van der Waals surface area (Å²) in [5.41, 5.74) is 2.19. The Hall–Kier alpha value is -1.39. The van der Waals surface area contributed by atoms with Crippen LogP contribution in [0, 0.1) is 0 Å². The van der Waals surface area contributed by atoms with Gasteiger partial charge in [-0.25, -0.2) is 0 Å². The van der Waals surface area contributed by atoms with Crippen LogP contribution in [0.25, 0.3) is 0 Å². The van der Waals surface area contributed by atoms with E-state index in [2.05, 4.69) is 40.8 Å². The first kappa shape index (κ1) is 15.7. The Morgan fingerprint density at radius 2 is 2.32 bits per heavy atom.